The Balaban J connectivity index is 2.94. The molecule has 0 aliphatic carbocycles. The van der Waals surface area contributed by atoms with Crippen LogP contribution >= 0.6 is 0 Å². The SMILES string of the molecule is COc1cc(C(=O)NCC(OC)OC)cc(OC)c1OC. The summed E-state index contributed by atoms with van der Waals surface area (Å²) in [6.45, 7) is 0.225. The van der Waals surface area contributed by atoms with E-state index >= 15 is 0 Å². The predicted octanol–water partition coefficient (Wildman–Crippen LogP) is 1.06. The van der Waals surface area contributed by atoms with Gasteiger partial charge in [0.2, 0.25) is 5.75 Å². The van der Waals surface area contributed by atoms with Gasteiger partial charge >= 0.3 is 0 Å². The molecule has 7 heteroatoms. The summed E-state index contributed by atoms with van der Waals surface area (Å²) < 4.78 is 25.6. The number of ether oxygens (including phenoxy) is 5. The second-order valence-corrected chi connectivity index (χ2v) is 4.03. The van der Waals surface area contributed by atoms with Gasteiger partial charge in [-0.3, -0.25) is 4.79 Å². The summed E-state index contributed by atoms with van der Waals surface area (Å²) in [5, 5.41) is 2.70. The van der Waals surface area contributed by atoms with E-state index in [1.165, 1.54) is 35.5 Å². The molecule has 0 radical (unpaired) electrons. The molecule has 0 aliphatic rings. The second kappa shape index (κ2) is 8.33. The number of rotatable bonds is 8. The fourth-order valence-corrected chi connectivity index (χ4v) is 1.75. The molecule has 0 saturated carbocycles. The number of carbonyl (C=O) groups excluding carboxylic acids is 1. The average molecular weight is 299 g/mol. The third kappa shape index (κ3) is 4.24. The molecule has 0 saturated heterocycles. The Morgan fingerprint density at radius 2 is 1.52 bits per heavy atom. The first-order chi connectivity index (χ1) is 10.1. The van der Waals surface area contributed by atoms with Crippen molar-refractivity contribution in [2.45, 2.75) is 6.29 Å². The lowest BCUT2D eigenvalue weighted by Crippen LogP contribution is -2.34. The van der Waals surface area contributed by atoms with Crippen LogP contribution < -0.4 is 19.5 Å². The highest BCUT2D eigenvalue weighted by atomic mass is 16.7. The average Bonchev–Trinajstić information content (AvgIpc) is 2.53. The molecule has 1 aromatic rings. The summed E-state index contributed by atoms with van der Waals surface area (Å²) in [6, 6.07) is 3.15. The number of nitrogens with one attached hydrogen (secondary N) is 1. The Morgan fingerprint density at radius 1 is 1.00 bits per heavy atom. The Kier molecular flexibility index (Phi) is 6.77. The van der Waals surface area contributed by atoms with Crippen LogP contribution in [-0.2, 0) is 9.47 Å². The van der Waals surface area contributed by atoms with E-state index in [4.69, 9.17) is 23.7 Å². The first-order valence-electron chi connectivity index (χ1n) is 6.25. The third-order valence-corrected chi connectivity index (χ3v) is 2.88. The van der Waals surface area contributed by atoms with Crippen LogP contribution in [0.2, 0.25) is 0 Å². The highest BCUT2D eigenvalue weighted by Crippen LogP contribution is 2.38. The first kappa shape index (κ1) is 17.1. The minimum absolute atomic E-state index is 0.225. The van der Waals surface area contributed by atoms with Gasteiger partial charge in [0.25, 0.3) is 5.91 Å². The molecule has 7 nitrogen and oxygen atoms in total. The highest BCUT2D eigenvalue weighted by molar-refractivity contribution is 5.95. The van der Waals surface area contributed by atoms with E-state index in [0.29, 0.717) is 22.8 Å². The lowest BCUT2D eigenvalue weighted by Gasteiger charge is -2.16. The zero-order valence-corrected chi connectivity index (χ0v) is 12.9. The van der Waals surface area contributed by atoms with E-state index in [2.05, 4.69) is 5.32 Å². The van der Waals surface area contributed by atoms with Crippen LogP contribution in [-0.4, -0.2) is 54.3 Å². The molecular formula is C14H21NO6. The maximum Gasteiger partial charge on any atom is 0.251 e. The monoisotopic (exact) mass is 299 g/mol. The summed E-state index contributed by atoms with van der Waals surface area (Å²) >= 11 is 0. The van der Waals surface area contributed by atoms with Crippen LogP contribution in [0.25, 0.3) is 0 Å². The molecule has 0 unspecified atom stereocenters. The number of carbonyl (C=O) groups is 1. The number of hydrogen-bond donors (Lipinski definition) is 1. The molecule has 0 heterocycles. The molecule has 118 valence electrons. The minimum Gasteiger partial charge on any atom is -0.493 e. The molecule has 0 aromatic heterocycles. The van der Waals surface area contributed by atoms with E-state index in [1.54, 1.807) is 12.1 Å². The lowest BCUT2D eigenvalue weighted by molar-refractivity contribution is -0.0974. The van der Waals surface area contributed by atoms with Crippen molar-refractivity contribution < 1.29 is 28.5 Å². The van der Waals surface area contributed by atoms with Gasteiger partial charge in [0.1, 0.15) is 0 Å². The fourth-order valence-electron chi connectivity index (χ4n) is 1.75. The maximum absolute atomic E-state index is 12.1. The Hall–Kier alpha value is -1.99. The molecule has 1 aromatic carbocycles. The van der Waals surface area contributed by atoms with Crippen molar-refractivity contribution in [1.82, 2.24) is 5.32 Å². The number of benzene rings is 1. The van der Waals surface area contributed by atoms with Crippen molar-refractivity contribution in [2.75, 3.05) is 42.1 Å². The van der Waals surface area contributed by atoms with Crippen molar-refractivity contribution in [3.05, 3.63) is 17.7 Å². The van der Waals surface area contributed by atoms with Gasteiger partial charge in [-0.05, 0) is 12.1 Å². The van der Waals surface area contributed by atoms with Crippen molar-refractivity contribution >= 4 is 5.91 Å². The van der Waals surface area contributed by atoms with Crippen LogP contribution in [0.5, 0.6) is 17.2 Å². The largest absolute Gasteiger partial charge is 0.493 e. The lowest BCUT2D eigenvalue weighted by atomic mass is 10.1. The maximum atomic E-state index is 12.1. The fraction of sp³-hybridized carbons (Fsp3) is 0.500. The van der Waals surface area contributed by atoms with Crippen molar-refractivity contribution in [1.29, 1.82) is 0 Å². The molecule has 1 N–H and O–H groups in total. The Labute approximate surface area is 124 Å². The minimum atomic E-state index is -0.504. The number of methoxy groups -OCH3 is 5. The van der Waals surface area contributed by atoms with Gasteiger partial charge in [-0.15, -0.1) is 0 Å². The van der Waals surface area contributed by atoms with Gasteiger partial charge in [0, 0.05) is 19.8 Å². The van der Waals surface area contributed by atoms with Gasteiger partial charge in [0.05, 0.1) is 27.9 Å². The van der Waals surface area contributed by atoms with Crippen LogP contribution in [0.3, 0.4) is 0 Å². The number of amides is 1. The summed E-state index contributed by atoms with van der Waals surface area (Å²) in [7, 11) is 7.48. The van der Waals surface area contributed by atoms with Crippen LogP contribution in [0.4, 0.5) is 0 Å². The quantitative estimate of drug-likeness (QED) is 0.724. The van der Waals surface area contributed by atoms with Crippen molar-refractivity contribution in [2.24, 2.45) is 0 Å². The normalized spacial score (nSPS) is 10.4. The Morgan fingerprint density at radius 3 is 1.90 bits per heavy atom. The molecule has 0 spiro atoms. The van der Waals surface area contributed by atoms with Crippen LogP contribution in [0, 0.1) is 0 Å². The molecular weight excluding hydrogens is 278 g/mol. The molecule has 0 fully saturated rings. The molecule has 0 bridgehead atoms. The van der Waals surface area contributed by atoms with E-state index in [9.17, 15) is 4.79 Å². The van der Waals surface area contributed by atoms with Gasteiger partial charge in [-0.1, -0.05) is 0 Å². The molecule has 1 rings (SSSR count). The first-order valence-corrected chi connectivity index (χ1v) is 6.25. The van der Waals surface area contributed by atoms with Crippen molar-refractivity contribution in [3.63, 3.8) is 0 Å². The Bertz CT molecular complexity index is 448. The molecule has 0 atom stereocenters. The second-order valence-electron chi connectivity index (χ2n) is 4.03. The van der Waals surface area contributed by atoms with Gasteiger partial charge < -0.3 is 29.0 Å². The molecule has 1 amide bonds. The van der Waals surface area contributed by atoms with E-state index < -0.39 is 6.29 Å². The summed E-state index contributed by atoms with van der Waals surface area (Å²) in [5.74, 6) is 0.964. The third-order valence-electron chi connectivity index (χ3n) is 2.88. The number of hydrogen-bond acceptors (Lipinski definition) is 6. The zero-order valence-electron chi connectivity index (χ0n) is 12.9. The van der Waals surface area contributed by atoms with Gasteiger partial charge in [0.15, 0.2) is 17.8 Å². The standard InChI is InChI=1S/C14H21NO6/c1-17-10-6-9(7-11(18-2)13(10)21-5)14(16)15-8-12(19-3)20-4/h6-7,12H,8H2,1-5H3,(H,15,16). The summed E-state index contributed by atoms with van der Waals surface area (Å²) in [6.07, 6.45) is -0.504. The molecule has 21 heavy (non-hydrogen) atoms. The van der Waals surface area contributed by atoms with Gasteiger partial charge in [-0.25, -0.2) is 0 Å². The molecule has 0 aliphatic heterocycles. The van der Waals surface area contributed by atoms with Gasteiger partial charge in [-0.2, -0.15) is 0 Å². The summed E-state index contributed by atoms with van der Waals surface area (Å²) in [4.78, 5) is 12.1. The van der Waals surface area contributed by atoms with E-state index in [-0.39, 0.29) is 12.5 Å². The van der Waals surface area contributed by atoms with Crippen molar-refractivity contribution in [3.8, 4) is 17.2 Å². The van der Waals surface area contributed by atoms with Crippen LogP contribution in [0.1, 0.15) is 10.4 Å². The highest BCUT2D eigenvalue weighted by Gasteiger charge is 2.17. The van der Waals surface area contributed by atoms with Crippen LogP contribution in [0.15, 0.2) is 12.1 Å². The topological polar surface area (TPSA) is 75.3 Å². The van der Waals surface area contributed by atoms with E-state index in [1.807, 2.05) is 0 Å². The smallest absolute Gasteiger partial charge is 0.251 e. The zero-order chi connectivity index (χ0) is 15.8. The predicted molar refractivity (Wildman–Crippen MR) is 76.2 cm³/mol. The summed E-state index contributed by atoms with van der Waals surface area (Å²) in [5.41, 5.74) is 0.385. The van der Waals surface area contributed by atoms with E-state index in [0.717, 1.165) is 0 Å².